The van der Waals surface area contributed by atoms with Gasteiger partial charge in [0.05, 0.1) is 5.92 Å². The number of anilines is 1. The highest BCUT2D eigenvalue weighted by atomic mass is 16.5. The van der Waals surface area contributed by atoms with Crippen molar-refractivity contribution in [3.8, 4) is 0 Å². The molecule has 2 unspecified atom stereocenters. The van der Waals surface area contributed by atoms with Crippen LogP contribution in [0.5, 0.6) is 0 Å². The maximum absolute atomic E-state index is 12.4. The van der Waals surface area contributed by atoms with Gasteiger partial charge in [0.25, 0.3) is 5.91 Å². The molecule has 1 N–H and O–H groups in total. The van der Waals surface area contributed by atoms with Crippen LogP contribution >= 0.6 is 0 Å². The Morgan fingerprint density at radius 3 is 2.50 bits per heavy atom. The van der Waals surface area contributed by atoms with E-state index in [1.165, 1.54) is 6.92 Å². The van der Waals surface area contributed by atoms with E-state index < -0.39 is 23.9 Å². The van der Waals surface area contributed by atoms with Crippen LogP contribution in [0.15, 0.2) is 54.6 Å². The van der Waals surface area contributed by atoms with Crippen molar-refractivity contribution in [2.45, 2.75) is 32.9 Å². The van der Waals surface area contributed by atoms with Gasteiger partial charge in [-0.3, -0.25) is 14.4 Å². The van der Waals surface area contributed by atoms with E-state index in [9.17, 15) is 14.4 Å². The summed E-state index contributed by atoms with van der Waals surface area (Å²) in [5.74, 6) is -1.55. The molecule has 3 rings (SSSR count). The molecule has 1 heterocycles. The van der Waals surface area contributed by atoms with Gasteiger partial charge >= 0.3 is 5.97 Å². The molecule has 0 aromatic heterocycles. The number of carbonyl (C=O) groups is 3. The molecule has 6 nitrogen and oxygen atoms in total. The molecule has 0 saturated carbocycles. The molecule has 2 aromatic carbocycles. The molecule has 1 fully saturated rings. The normalized spacial score (nSPS) is 17.3. The first-order chi connectivity index (χ1) is 13.4. The van der Waals surface area contributed by atoms with E-state index in [0.717, 1.165) is 11.1 Å². The lowest BCUT2D eigenvalue weighted by atomic mass is 10.1. The lowest BCUT2D eigenvalue weighted by molar-refractivity contribution is -0.157. The number of aryl methyl sites for hydroxylation is 1. The maximum atomic E-state index is 12.4. The summed E-state index contributed by atoms with van der Waals surface area (Å²) in [6.07, 6.45) is -0.829. The predicted octanol–water partition coefficient (Wildman–Crippen LogP) is 2.91. The van der Waals surface area contributed by atoms with Gasteiger partial charge in [0.1, 0.15) is 0 Å². The Balaban J connectivity index is 1.51. The molecule has 2 aromatic rings. The fraction of sp³-hybridized carbons (Fsp3) is 0.318. The van der Waals surface area contributed by atoms with Crippen molar-refractivity contribution >= 4 is 23.5 Å². The van der Waals surface area contributed by atoms with Crippen LogP contribution in [0.3, 0.4) is 0 Å². The van der Waals surface area contributed by atoms with Crippen molar-refractivity contribution < 1.29 is 19.1 Å². The molecular formula is C22H24N2O4. The molecule has 0 spiro atoms. The second-order valence-corrected chi connectivity index (χ2v) is 7.10. The van der Waals surface area contributed by atoms with E-state index in [4.69, 9.17) is 4.74 Å². The molecule has 146 valence electrons. The van der Waals surface area contributed by atoms with Crippen LogP contribution in [-0.4, -0.2) is 35.3 Å². The fourth-order valence-corrected chi connectivity index (χ4v) is 3.09. The van der Waals surface area contributed by atoms with E-state index in [1.54, 1.807) is 17.0 Å². The van der Waals surface area contributed by atoms with Gasteiger partial charge in [0.15, 0.2) is 6.10 Å². The van der Waals surface area contributed by atoms with Crippen molar-refractivity contribution in [2.24, 2.45) is 5.92 Å². The average Bonchev–Trinajstić information content (AvgIpc) is 3.05. The van der Waals surface area contributed by atoms with Crippen LogP contribution in [0.25, 0.3) is 0 Å². The predicted molar refractivity (Wildman–Crippen MR) is 105 cm³/mol. The van der Waals surface area contributed by atoms with Gasteiger partial charge in [-0.25, -0.2) is 0 Å². The van der Waals surface area contributed by atoms with E-state index >= 15 is 0 Å². The zero-order chi connectivity index (χ0) is 20.1. The topological polar surface area (TPSA) is 75.7 Å². The SMILES string of the molecule is Cc1ccc(NC(=O)C(C)OC(=O)C2CC(=O)N(Cc3ccccc3)C2)cc1. The first kappa shape index (κ1) is 19.6. The van der Waals surface area contributed by atoms with Crippen LogP contribution < -0.4 is 5.32 Å². The zero-order valence-electron chi connectivity index (χ0n) is 16.1. The lowest BCUT2D eigenvalue weighted by Crippen LogP contribution is -2.33. The molecule has 2 atom stereocenters. The number of hydrogen-bond acceptors (Lipinski definition) is 4. The number of carbonyl (C=O) groups excluding carboxylic acids is 3. The minimum Gasteiger partial charge on any atom is -0.452 e. The summed E-state index contributed by atoms with van der Waals surface area (Å²) in [5.41, 5.74) is 2.74. The van der Waals surface area contributed by atoms with Gasteiger partial charge in [0.2, 0.25) is 5.91 Å². The molecule has 0 bridgehead atoms. The second kappa shape index (κ2) is 8.69. The first-order valence-corrected chi connectivity index (χ1v) is 9.32. The van der Waals surface area contributed by atoms with E-state index in [-0.39, 0.29) is 12.3 Å². The summed E-state index contributed by atoms with van der Waals surface area (Å²) < 4.78 is 5.31. The van der Waals surface area contributed by atoms with Gasteiger partial charge in [-0.15, -0.1) is 0 Å². The van der Waals surface area contributed by atoms with Gasteiger partial charge in [-0.05, 0) is 31.5 Å². The summed E-state index contributed by atoms with van der Waals surface area (Å²) in [5, 5.41) is 2.72. The van der Waals surface area contributed by atoms with Gasteiger partial charge < -0.3 is 15.0 Å². The van der Waals surface area contributed by atoms with Crippen LogP contribution in [0.4, 0.5) is 5.69 Å². The summed E-state index contributed by atoms with van der Waals surface area (Å²) in [7, 11) is 0. The molecule has 2 amide bonds. The smallest absolute Gasteiger partial charge is 0.312 e. The number of benzene rings is 2. The van der Waals surface area contributed by atoms with Gasteiger partial charge in [-0.2, -0.15) is 0 Å². The molecular weight excluding hydrogens is 356 g/mol. The number of amides is 2. The number of rotatable bonds is 6. The minimum atomic E-state index is -0.938. The number of nitrogens with zero attached hydrogens (tertiary/aromatic N) is 1. The maximum Gasteiger partial charge on any atom is 0.312 e. The Bertz CT molecular complexity index is 849. The van der Waals surface area contributed by atoms with Gasteiger partial charge in [-0.1, -0.05) is 48.0 Å². The monoisotopic (exact) mass is 380 g/mol. The lowest BCUT2D eigenvalue weighted by Gasteiger charge is -2.18. The number of hydrogen-bond donors (Lipinski definition) is 1. The molecule has 0 aliphatic carbocycles. The Morgan fingerprint density at radius 2 is 1.82 bits per heavy atom. The van der Waals surface area contributed by atoms with Crippen molar-refractivity contribution in [3.63, 3.8) is 0 Å². The Morgan fingerprint density at radius 1 is 1.14 bits per heavy atom. The van der Waals surface area contributed by atoms with E-state index in [2.05, 4.69) is 5.32 Å². The minimum absolute atomic E-state index is 0.0810. The summed E-state index contributed by atoms with van der Waals surface area (Å²) in [6.45, 7) is 4.26. The first-order valence-electron chi connectivity index (χ1n) is 9.32. The summed E-state index contributed by atoms with van der Waals surface area (Å²) in [6, 6.07) is 17.0. The van der Waals surface area contributed by atoms with Crippen molar-refractivity contribution in [2.75, 3.05) is 11.9 Å². The third-order valence-corrected chi connectivity index (χ3v) is 4.75. The van der Waals surface area contributed by atoms with Crippen molar-refractivity contribution in [3.05, 3.63) is 65.7 Å². The van der Waals surface area contributed by atoms with Gasteiger partial charge in [0, 0.05) is 25.2 Å². The number of ether oxygens (including phenoxy) is 1. The Labute approximate surface area is 164 Å². The molecule has 0 radical (unpaired) electrons. The zero-order valence-corrected chi connectivity index (χ0v) is 16.1. The highest BCUT2D eigenvalue weighted by molar-refractivity contribution is 5.95. The molecule has 1 aliphatic rings. The van der Waals surface area contributed by atoms with E-state index in [1.807, 2.05) is 49.4 Å². The third-order valence-electron chi connectivity index (χ3n) is 4.75. The highest BCUT2D eigenvalue weighted by Crippen LogP contribution is 2.22. The fourth-order valence-electron chi connectivity index (χ4n) is 3.09. The van der Waals surface area contributed by atoms with Crippen LogP contribution in [0, 0.1) is 12.8 Å². The Hall–Kier alpha value is -3.15. The average molecular weight is 380 g/mol. The van der Waals surface area contributed by atoms with Crippen LogP contribution in [-0.2, 0) is 25.7 Å². The van der Waals surface area contributed by atoms with Crippen molar-refractivity contribution in [1.82, 2.24) is 4.90 Å². The largest absolute Gasteiger partial charge is 0.452 e. The second-order valence-electron chi connectivity index (χ2n) is 7.10. The number of esters is 1. The van der Waals surface area contributed by atoms with Crippen molar-refractivity contribution in [1.29, 1.82) is 0 Å². The van der Waals surface area contributed by atoms with E-state index in [0.29, 0.717) is 18.8 Å². The summed E-state index contributed by atoms with van der Waals surface area (Å²) >= 11 is 0. The number of nitrogens with one attached hydrogen (secondary N) is 1. The van der Waals surface area contributed by atoms with Crippen LogP contribution in [0.1, 0.15) is 24.5 Å². The molecule has 1 saturated heterocycles. The molecule has 6 heteroatoms. The number of likely N-dealkylation sites (tertiary alicyclic amines) is 1. The highest BCUT2D eigenvalue weighted by Gasteiger charge is 2.36. The Kier molecular flexibility index (Phi) is 6.09. The third kappa shape index (κ3) is 4.97. The molecule has 1 aliphatic heterocycles. The quantitative estimate of drug-likeness (QED) is 0.782. The standard InChI is InChI=1S/C22H24N2O4/c1-15-8-10-19(11-9-15)23-21(26)16(2)28-22(27)18-12-20(25)24(14-18)13-17-6-4-3-5-7-17/h3-11,16,18H,12-14H2,1-2H3,(H,23,26). The molecule has 28 heavy (non-hydrogen) atoms. The summed E-state index contributed by atoms with van der Waals surface area (Å²) in [4.78, 5) is 38.5. The van der Waals surface area contributed by atoms with Crippen LogP contribution in [0.2, 0.25) is 0 Å².